The second kappa shape index (κ2) is 6.04. The van der Waals surface area contributed by atoms with Gasteiger partial charge in [-0.3, -0.25) is 4.79 Å². The number of carboxylic acids is 1. The molecule has 1 atom stereocenters. The van der Waals surface area contributed by atoms with Crippen LogP contribution in [0.5, 0.6) is 0 Å². The van der Waals surface area contributed by atoms with Crippen molar-refractivity contribution >= 4 is 16.2 Å². The van der Waals surface area contributed by atoms with E-state index in [0.29, 0.717) is 0 Å². The molecule has 0 bridgehead atoms. The van der Waals surface area contributed by atoms with Crippen LogP contribution in [0.15, 0.2) is 0 Å². The number of carboxylic acid groups (broad SMARTS) is 1. The van der Waals surface area contributed by atoms with Gasteiger partial charge in [0.25, 0.3) is 10.2 Å². The third kappa shape index (κ3) is 6.43. The summed E-state index contributed by atoms with van der Waals surface area (Å²) < 4.78 is 26.7. The third-order valence-corrected chi connectivity index (χ3v) is 2.90. The van der Waals surface area contributed by atoms with Crippen LogP contribution >= 0.6 is 0 Å². The molecule has 0 aliphatic carbocycles. The molecule has 0 heterocycles. The second-order valence-electron chi connectivity index (χ2n) is 3.64. The average Bonchev–Trinajstić information content (AvgIpc) is 2.00. The maximum absolute atomic E-state index is 11.2. The molecule has 0 aliphatic heterocycles. The Labute approximate surface area is 90.2 Å². The summed E-state index contributed by atoms with van der Waals surface area (Å²) in [6, 6.07) is -1.07. The van der Waals surface area contributed by atoms with Gasteiger partial charge >= 0.3 is 5.97 Å². The SMILES string of the molecule is CCNS(=O)(=O)N[C@@H](CC(C)C)C(=O)O. The molecule has 7 heteroatoms. The Kier molecular flexibility index (Phi) is 5.77. The first-order chi connectivity index (χ1) is 6.78. The topological polar surface area (TPSA) is 95.5 Å². The van der Waals surface area contributed by atoms with Gasteiger partial charge in [0, 0.05) is 6.54 Å². The zero-order valence-electron chi connectivity index (χ0n) is 9.15. The van der Waals surface area contributed by atoms with Crippen molar-refractivity contribution in [1.29, 1.82) is 0 Å². The minimum Gasteiger partial charge on any atom is -0.480 e. The minimum absolute atomic E-state index is 0.107. The maximum atomic E-state index is 11.2. The van der Waals surface area contributed by atoms with Crippen molar-refractivity contribution in [3.63, 3.8) is 0 Å². The van der Waals surface area contributed by atoms with Crippen molar-refractivity contribution in [3.8, 4) is 0 Å². The Hall–Kier alpha value is -0.660. The van der Waals surface area contributed by atoms with Crippen molar-refractivity contribution in [2.24, 2.45) is 5.92 Å². The van der Waals surface area contributed by atoms with E-state index in [1.54, 1.807) is 6.92 Å². The van der Waals surface area contributed by atoms with E-state index in [1.807, 2.05) is 13.8 Å². The van der Waals surface area contributed by atoms with Crippen LogP contribution in [-0.2, 0) is 15.0 Å². The summed E-state index contributed by atoms with van der Waals surface area (Å²) in [5.74, 6) is -1.05. The quantitative estimate of drug-likeness (QED) is 0.578. The third-order valence-electron chi connectivity index (χ3n) is 1.64. The van der Waals surface area contributed by atoms with Crippen molar-refractivity contribution in [2.75, 3.05) is 6.54 Å². The maximum Gasteiger partial charge on any atom is 0.321 e. The Balaban J connectivity index is 4.48. The molecule has 0 aromatic heterocycles. The number of hydrogen-bond acceptors (Lipinski definition) is 3. The summed E-state index contributed by atoms with van der Waals surface area (Å²) in [5.41, 5.74) is 0. The van der Waals surface area contributed by atoms with Gasteiger partial charge in [0.15, 0.2) is 0 Å². The van der Waals surface area contributed by atoms with Crippen molar-refractivity contribution in [1.82, 2.24) is 9.44 Å². The summed E-state index contributed by atoms with van der Waals surface area (Å²) in [5, 5.41) is 8.80. The number of aliphatic carboxylic acids is 1. The van der Waals surface area contributed by atoms with E-state index in [-0.39, 0.29) is 18.9 Å². The van der Waals surface area contributed by atoms with Gasteiger partial charge in [-0.25, -0.2) is 4.72 Å². The monoisotopic (exact) mass is 238 g/mol. The van der Waals surface area contributed by atoms with Gasteiger partial charge in [0.2, 0.25) is 0 Å². The summed E-state index contributed by atoms with van der Waals surface area (Å²) in [7, 11) is -3.70. The summed E-state index contributed by atoms with van der Waals surface area (Å²) >= 11 is 0. The normalized spacial score (nSPS) is 14.1. The zero-order chi connectivity index (χ0) is 12.1. The number of carbonyl (C=O) groups is 1. The Morgan fingerprint density at radius 3 is 2.27 bits per heavy atom. The lowest BCUT2D eigenvalue weighted by Gasteiger charge is -2.16. The smallest absolute Gasteiger partial charge is 0.321 e. The highest BCUT2D eigenvalue weighted by Crippen LogP contribution is 2.05. The predicted molar refractivity (Wildman–Crippen MR) is 56.6 cm³/mol. The molecule has 15 heavy (non-hydrogen) atoms. The van der Waals surface area contributed by atoms with Crippen LogP contribution < -0.4 is 9.44 Å². The van der Waals surface area contributed by atoms with Crippen LogP contribution in [0, 0.1) is 5.92 Å². The highest BCUT2D eigenvalue weighted by atomic mass is 32.2. The molecule has 0 aliphatic rings. The fourth-order valence-corrected chi connectivity index (χ4v) is 2.12. The zero-order valence-corrected chi connectivity index (χ0v) is 9.97. The van der Waals surface area contributed by atoms with Crippen LogP contribution in [0.4, 0.5) is 0 Å². The van der Waals surface area contributed by atoms with E-state index in [2.05, 4.69) is 9.44 Å². The van der Waals surface area contributed by atoms with Gasteiger partial charge in [-0.15, -0.1) is 0 Å². The molecule has 0 amide bonds. The van der Waals surface area contributed by atoms with Crippen LogP contribution in [0.25, 0.3) is 0 Å². The Bertz CT molecular complexity index is 300. The predicted octanol–water partition coefficient (Wildman–Crippen LogP) is -0.0704. The van der Waals surface area contributed by atoms with E-state index in [1.165, 1.54) is 0 Å². The second-order valence-corrected chi connectivity index (χ2v) is 5.17. The lowest BCUT2D eigenvalue weighted by Crippen LogP contribution is -2.46. The molecule has 0 spiro atoms. The van der Waals surface area contributed by atoms with E-state index in [0.717, 1.165) is 0 Å². The van der Waals surface area contributed by atoms with Crippen LogP contribution in [0.1, 0.15) is 27.2 Å². The first kappa shape index (κ1) is 14.3. The lowest BCUT2D eigenvalue weighted by atomic mass is 10.1. The first-order valence-electron chi connectivity index (χ1n) is 4.78. The molecule has 0 radical (unpaired) electrons. The van der Waals surface area contributed by atoms with Crippen LogP contribution in [-0.4, -0.2) is 32.1 Å². The summed E-state index contributed by atoms with van der Waals surface area (Å²) in [4.78, 5) is 10.8. The molecule has 0 fully saturated rings. The molecule has 0 saturated heterocycles. The summed E-state index contributed by atoms with van der Waals surface area (Å²) in [6.45, 7) is 5.51. The first-order valence-corrected chi connectivity index (χ1v) is 6.26. The van der Waals surface area contributed by atoms with Gasteiger partial charge in [0.05, 0.1) is 0 Å². The molecular formula is C8H18N2O4S. The molecule has 0 saturated carbocycles. The molecular weight excluding hydrogens is 220 g/mol. The fraction of sp³-hybridized carbons (Fsp3) is 0.875. The standard InChI is InChI=1S/C8H18N2O4S/c1-4-9-15(13,14)10-7(8(11)12)5-6(2)3/h6-7,9-10H,4-5H2,1-3H3,(H,11,12)/t7-/m0/s1. The Morgan fingerprint density at radius 1 is 1.40 bits per heavy atom. The van der Waals surface area contributed by atoms with E-state index < -0.39 is 22.2 Å². The number of nitrogens with one attached hydrogen (secondary N) is 2. The van der Waals surface area contributed by atoms with Crippen molar-refractivity contribution in [2.45, 2.75) is 33.2 Å². The lowest BCUT2D eigenvalue weighted by molar-refractivity contribution is -0.139. The number of rotatable bonds is 7. The summed E-state index contributed by atoms with van der Waals surface area (Å²) in [6.07, 6.45) is 0.264. The highest BCUT2D eigenvalue weighted by molar-refractivity contribution is 7.87. The molecule has 0 aromatic carbocycles. The highest BCUT2D eigenvalue weighted by Gasteiger charge is 2.23. The van der Waals surface area contributed by atoms with Crippen molar-refractivity contribution < 1.29 is 18.3 Å². The van der Waals surface area contributed by atoms with Crippen LogP contribution in [0.3, 0.4) is 0 Å². The van der Waals surface area contributed by atoms with Gasteiger partial charge < -0.3 is 5.11 Å². The number of hydrogen-bond donors (Lipinski definition) is 3. The molecule has 3 N–H and O–H groups in total. The van der Waals surface area contributed by atoms with Crippen molar-refractivity contribution in [3.05, 3.63) is 0 Å². The van der Waals surface area contributed by atoms with Gasteiger partial charge in [-0.1, -0.05) is 20.8 Å². The van der Waals surface area contributed by atoms with E-state index in [4.69, 9.17) is 5.11 Å². The van der Waals surface area contributed by atoms with E-state index >= 15 is 0 Å². The van der Waals surface area contributed by atoms with Gasteiger partial charge in [-0.05, 0) is 12.3 Å². The van der Waals surface area contributed by atoms with E-state index in [9.17, 15) is 13.2 Å². The molecule has 0 unspecified atom stereocenters. The van der Waals surface area contributed by atoms with Crippen LogP contribution in [0.2, 0.25) is 0 Å². The molecule has 0 rings (SSSR count). The molecule has 0 aromatic rings. The fourth-order valence-electron chi connectivity index (χ4n) is 1.09. The minimum atomic E-state index is -3.70. The average molecular weight is 238 g/mol. The molecule has 6 nitrogen and oxygen atoms in total. The molecule has 90 valence electrons. The largest absolute Gasteiger partial charge is 0.480 e. The Morgan fingerprint density at radius 2 is 1.93 bits per heavy atom. The van der Waals surface area contributed by atoms with Gasteiger partial charge in [-0.2, -0.15) is 13.1 Å². The van der Waals surface area contributed by atoms with Gasteiger partial charge in [0.1, 0.15) is 6.04 Å².